The zero-order chi connectivity index (χ0) is 10.0. The number of nitrogens with zero attached hydrogens (tertiary/aromatic N) is 2. The molecule has 0 aliphatic rings. The van der Waals surface area contributed by atoms with E-state index in [1.807, 2.05) is 0 Å². The number of rotatable bonds is 1. The number of hydrogen-bond acceptors (Lipinski definition) is 3. The van der Waals surface area contributed by atoms with Gasteiger partial charge < -0.3 is 5.73 Å². The summed E-state index contributed by atoms with van der Waals surface area (Å²) in [6.07, 6.45) is -2.87. The minimum Gasteiger partial charge on any atom is -0.396 e. The van der Waals surface area contributed by atoms with Crippen molar-refractivity contribution in [3.8, 4) is 6.07 Å². The third-order valence-electron chi connectivity index (χ3n) is 1.34. The van der Waals surface area contributed by atoms with E-state index in [0.29, 0.717) is 6.07 Å². The van der Waals surface area contributed by atoms with Crippen molar-refractivity contribution in [1.82, 2.24) is 4.98 Å². The van der Waals surface area contributed by atoms with Gasteiger partial charge in [0, 0.05) is 0 Å². The lowest BCUT2D eigenvalue weighted by atomic mass is 10.2. The second kappa shape index (κ2) is 3.31. The zero-order valence-corrected chi connectivity index (χ0v) is 6.26. The Labute approximate surface area is 71.6 Å². The molecule has 0 unspecified atom stereocenters. The molecule has 1 aromatic heterocycles. The smallest absolute Gasteiger partial charge is 0.280 e. The second-order valence-corrected chi connectivity index (χ2v) is 2.21. The highest BCUT2D eigenvalue weighted by Gasteiger charge is 2.15. The Bertz CT molecular complexity index is 370. The lowest BCUT2D eigenvalue weighted by Gasteiger charge is -2.02. The third-order valence-corrected chi connectivity index (χ3v) is 1.34. The molecule has 0 amide bonds. The maximum Gasteiger partial charge on any atom is 0.280 e. The van der Waals surface area contributed by atoms with Crippen molar-refractivity contribution in [3.05, 3.63) is 23.3 Å². The number of nitriles is 1. The minimum atomic E-state index is -2.87. The van der Waals surface area contributed by atoms with Crippen LogP contribution in [0, 0.1) is 17.1 Å². The lowest BCUT2D eigenvalue weighted by molar-refractivity contribution is 0.146. The molecule has 1 aromatic rings. The van der Waals surface area contributed by atoms with Crippen molar-refractivity contribution in [3.63, 3.8) is 0 Å². The third kappa shape index (κ3) is 1.69. The second-order valence-electron chi connectivity index (χ2n) is 2.21. The minimum absolute atomic E-state index is 0.498. The van der Waals surface area contributed by atoms with Gasteiger partial charge >= 0.3 is 0 Å². The van der Waals surface area contributed by atoms with Gasteiger partial charge in [-0.3, -0.25) is 0 Å². The summed E-state index contributed by atoms with van der Waals surface area (Å²) in [4.78, 5) is 3.08. The molecule has 3 nitrogen and oxygen atoms in total. The molecule has 0 saturated heterocycles. The van der Waals surface area contributed by atoms with Crippen LogP contribution in [0.2, 0.25) is 0 Å². The predicted molar refractivity (Wildman–Crippen MR) is 38.3 cm³/mol. The molecule has 1 rings (SSSR count). The van der Waals surface area contributed by atoms with Crippen molar-refractivity contribution in [2.75, 3.05) is 5.73 Å². The number of pyridine rings is 1. The van der Waals surface area contributed by atoms with Crippen molar-refractivity contribution in [2.24, 2.45) is 0 Å². The summed E-state index contributed by atoms with van der Waals surface area (Å²) in [5, 5.41) is 8.30. The molecule has 0 radical (unpaired) electrons. The Morgan fingerprint density at radius 1 is 1.54 bits per heavy atom. The molecule has 13 heavy (non-hydrogen) atoms. The average Bonchev–Trinajstić information content (AvgIpc) is 2.09. The van der Waals surface area contributed by atoms with Crippen molar-refractivity contribution < 1.29 is 13.2 Å². The van der Waals surface area contributed by atoms with E-state index in [-0.39, 0.29) is 0 Å². The highest BCUT2D eigenvalue weighted by Crippen LogP contribution is 2.21. The summed E-state index contributed by atoms with van der Waals surface area (Å²) in [6, 6.07) is 2.04. The topological polar surface area (TPSA) is 62.7 Å². The number of hydrogen-bond donors (Lipinski definition) is 1. The van der Waals surface area contributed by atoms with Crippen LogP contribution < -0.4 is 5.73 Å². The highest BCUT2D eigenvalue weighted by atomic mass is 19.3. The van der Waals surface area contributed by atoms with Gasteiger partial charge in [0.15, 0.2) is 11.5 Å². The Balaban J connectivity index is 3.32. The first-order valence-electron chi connectivity index (χ1n) is 3.20. The van der Waals surface area contributed by atoms with Gasteiger partial charge in [0.1, 0.15) is 11.8 Å². The molecule has 0 fully saturated rings. The maximum atomic E-state index is 12.8. The van der Waals surface area contributed by atoms with Crippen molar-refractivity contribution >= 4 is 5.69 Å². The molecule has 0 aromatic carbocycles. The van der Waals surface area contributed by atoms with Crippen molar-refractivity contribution in [1.29, 1.82) is 5.26 Å². The van der Waals surface area contributed by atoms with E-state index in [4.69, 9.17) is 11.0 Å². The molecular formula is C7H4F3N3. The summed E-state index contributed by atoms with van der Waals surface area (Å²) in [6.45, 7) is 0. The first-order valence-corrected chi connectivity index (χ1v) is 3.20. The summed E-state index contributed by atoms with van der Waals surface area (Å²) < 4.78 is 36.9. The number of aromatic nitrogens is 1. The lowest BCUT2D eigenvalue weighted by Crippen LogP contribution is -2.01. The number of nitrogens with two attached hydrogens (primary N) is 1. The van der Waals surface area contributed by atoms with Crippen molar-refractivity contribution in [2.45, 2.75) is 6.43 Å². The maximum absolute atomic E-state index is 12.8. The van der Waals surface area contributed by atoms with Crippen LogP contribution >= 0.6 is 0 Å². The van der Waals surface area contributed by atoms with Gasteiger partial charge in [-0.1, -0.05) is 0 Å². The van der Waals surface area contributed by atoms with Gasteiger partial charge in [-0.15, -0.1) is 0 Å². The SMILES string of the molecule is N#Cc1nc(C(F)F)cc(N)c1F. The standard InChI is InChI=1S/C7H4F3N3/c8-6-3(12)1-4(7(9)10)13-5(6)2-11/h1,7H,(H2,12,13). The molecule has 0 aliphatic heterocycles. The van der Waals surface area contributed by atoms with Crippen LogP contribution in [-0.2, 0) is 0 Å². The molecule has 2 N–H and O–H groups in total. The predicted octanol–water partition coefficient (Wildman–Crippen LogP) is 1.61. The van der Waals surface area contributed by atoms with Crippen LogP contribution in [0.3, 0.4) is 0 Å². The first kappa shape index (κ1) is 9.32. The monoisotopic (exact) mass is 187 g/mol. The fourth-order valence-electron chi connectivity index (χ4n) is 0.756. The van der Waals surface area contributed by atoms with Gasteiger partial charge in [0.05, 0.1) is 5.69 Å². The molecule has 0 aliphatic carbocycles. The van der Waals surface area contributed by atoms with Gasteiger partial charge in [0.25, 0.3) is 6.43 Å². The number of halogens is 3. The fraction of sp³-hybridized carbons (Fsp3) is 0.143. The highest BCUT2D eigenvalue weighted by molar-refractivity contribution is 5.45. The van der Waals surface area contributed by atoms with E-state index in [9.17, 15) is 13.2 Å². The molecule has 6 heteroatoms. The molecule has 68 valence electrons. The summed E-state index contributed by atoms with van der Waals surface area (Å²) in [7, 11) is 0. The molecule has 0 atom stereocenters. The summed E-state index contributed by atoms with van der Waals surface area (Å²) >= 11 is 0. The van der Waals surface area contributed by atoms with E-state index in [1.165, 1.54) is 6.07 Å². The molecule has 0 saturated carbocycles. The Morgan fingerprint density at radius 3 is 2.62 bits per heavy atom. The zero-order valence-electron chi connectivity index (χ0n) is 6.26. The van der Waals surface area contributed by atoms with E-state index in [0.717, 1.165) is 0 Å². The van der Waals surface area contributed by atoms with Crippen LogP contribution in [0.1, 0.15) is 17.8 Å². The number of alkyl halides is 2. The first-order chi connectivity index (χ1) is 6.06. The van der Waals surface area contributed by atoms with Crippen LogP contribution in [0.15, 0.2) is 6.07 Å². The van der Waals surface area contributed by atoms with E-state index >= 15 is 0 Å². The van der Waals surface area contributed by atoms with Gasteiger partial charge in [-0.2, -0.15) is 5.26 Å². The molecule has 0 bridgehead atoms. The molecule has 1 heterocycles. The average molecular weight is 187 g/mol. The normalized spacial score (nSPS) is 10.1. The Kier molecular flexibility index (Phi) is 2.37. The van der Waals surface area contributed by atoms with Gasteiger partial charge in [-0.05, 0) is 6.07 Å². The summed E-state index contributed by atoms with van der Waals surface area (Å²) in [5.41, 5.74) is 3.13. The van der Waals surface area contributed by atoms with Gasteiger partial charge in [-0.25, -0.2) is 18.2 Å². The van der Waals surface area contributed by atoms with E-state index < -0.39 is 29.3 Å². The molecular weight excluding hydrogens is 183 g/mol. The Hall–Kier alpha value is -1.77. The largest absolute Gasteiger partial charge is 0.396 e. The number of nitrogen functional groups attached to an aromatic ring is 1. The van der Waals surface area contributed by atoms with E-state index in [1.54, 1.807) is 0 Å². The van der Waals surface area contributed by atoms with Crippen LogP contribution in [0.5, 0.6) is 0 Å². The van der Waals surface area contributed by atoms with Crippen LogP contribution in [0.4, 0.5) is 18.9 Å². The quantitative estimate of drug-likeness (QED) is 0.726. The fourth-order valence-corrected chi connectivity index (χ4v) is 0.756. The van der Waals surface area contributed by atoms with Crippen LogP contribution in [0.25, 0.3) is 0 Å². The van der Waals surface area contributed by atoms with Gasteiger partial charge in [0.2, 0.25) is 0 Å². The summed E-state index contributed by atoms with van der Waals surface area (Å²) in [5.74, 6) is -1.06. The van der Waals surface area contributed by atoms with E-state index in [2.05, 4.69) is 4.98 Å². The van der Waals surface area contributed by atoms with Crippen LogP contribution in [-0.4, -0.2) is 4.98 Å². The molecule has 0 spiro atoms. The number of anilines is 1. The Morgan fingerprint density at radius 2 is 2.15 bits per heavy atom.